The number of hydrogen-bond donors (Lipinski definition) is 3. The third-order valence-electron chi connectivity index (χ3n) is 6.97. The predicted octanol–water partition coefficient (Wildman–Crippen LogP) is 10.1. The van der Waals surface area contributed by atoms with Crippen LogP contribution >= 0.6 is 15.4 Å². The molecule has 0 heterocycles. The third-order valence-corrected chi connectivity index (χ3v) is 10.2. The van der Waals surface area contributed by atoms with Crippen LogP contribution in [-0.2, 0) is 13.4 Å². The van der Waals surface area contributed by atoms with E-state index in [4.69, 9.17) is 9.79 Å². The zero-order valence-electron chi connectivity index (χ0n) is 23.0. The van der Waals surface area contributed by atoms with Gasteiger partial charge in [-0.3, -0.25) is 4.57 Å². The van der Waals surface area contributed by atoms with E-state index in [1.165, 1.54) is 96.3 Å². The van der Waals surface area contributed by atoms with E-state index in [9.17, 15) is 14.0 Å². The highest BCUT2D eigenvalue weighted by Crippen LogP contribution is 2.61. The summed E-state index contributed by atoms with van der Waals surface area (Å²) in [7, 11) is -9.32. The minimum absolute atomic E-state index is 0.485. The smallest absolute Gasteiger partial charge is 0.324 e. The van der Waals surface area contributed by atoms with Crippen LogP contribution in [-0.4, -0.2) is 20.3 Å². The van der Waals surface area contributed by atoms with E-state index >= 15 is 0 Å². The second kappa shape index (κ2) is 23.4. The summed E-state index contributed by atoms with van der Waals surface area (Å²) in [6.45, 7) is 4.42. The highest BCUT2D eigenvalue weighted by Gasteiger charge is 2.38. The SMILES string of the molecule is CCCCCCCCCCCCCCCCCCC(CCCCCCCC)P(=O)(O)OP(=O)(O)O. The highest BCUT2D eigenvalue weighted by atomic mass is 31.3. The van der Waals surface area contributed by atoms with Crippen LogP contribution in [0, 0.1) is 0 Å². The van der Waals surface area contributed by atoms with Gasteiger partial charge < -0.3 is 14.7 Å². The molecule has 0 saturated carbocycles. The Morgan fingerprint density at radius 1 is 0.486 bits per heavy atom. The van der Waals surface area contributed by atoms with Gasteiger partial charge in [-0.15, -0.1) is 0 Å². The molecular weight excluding hydrogens is 482 g/mol. The Bertz CT molecular complexity index is 552. The summed E-state index contributed by atoms with van der Waals surface area (Å²) in [4.78, 5) is 28.3. The maximum atomic E-state index is 12.5. The summed E-state index contributed by atoms with van der Waals surface area (Å²) in [5, 5.41) is 0. The highest BCUT2D eigenvalue weighted by molar-refractivity contribution is 7.64. The van der Waals surface area contributed by atoms with Crippen molar-refractivity contribution in [2.75, 3.05) is 0 Å². The fourth-order valence-electron chi connectivity index (χ4n) is 4.78. The van der Waals surface area contributed by atoms with E-state index in [0.717, 1.165) is 44.9 Å². The average molecular weight is 541 g/mol. The van der Waals surface area contributed by atoms with Crippen molar-refractivity contribution < 1.29 is 28.1 Å². The molecule has 6 nitrogen and oxygen atoms in total. The first kappa shape index (κ1) is 35.3. The van der Waals surface area contributed by atoms with Gasteiger partial charge in [0, 0.05) is 0 Å². The molecule has 2 atom stereocenters. The monoisotopic (exact) mass is 540 g/mol. The maximum absolute atomic E-state index is 12.5. The molecule has 0 bridgehead atoms. The first-order valence-corrected chi connectivity index (χ1v) is 18.0. The van der Waals surface area contributed by atoms with Crippen LogP contribution in [0.3, 0.4) is 0 Å². The molecule has 0 aromatic rings. The average Bonchev–Trinajstić information content (AvgIpc) is 2.77. The van der Waals surface area contributed by atoms with Gasteiger partial charge in [-0.05, 0) is 12.8 Å². The van der Waals surface area contributed by atoms with Crippen LogP contribution in [0.1, 0.15) is 168 Å². The molecule has 0 aliphatic carbocycles. The first-order valence-electron chi connectivity index (χ1n) is 14.8. The summed E-state index contributed by atoms with van der Waals surface area (Å²) >= 11 is 0. The quantitative estimate of drug-likeness (QED) is 0.0707. The molecule has 3 N–H and O–H groups in total. The van der Waals surface area contributed by atoms with E-state index < -0.39 is 21.1 Å². The lowest BCUT2D eigenvalue weighted by Crippen LogP contribution is -2.11. The van der Waals surface area contributed by atoms with Crippen molar-refractivity contribution in [2.24, 2.45) is 0 Å². The van der Waals surface area contributed by atoms with Gasteiger partial charge in [0.05, 0.1) is 5.66 Å². The van der Waals surface area contributed by atoms with Crippen molar-refractivity contribution in [3.63, 3.8) is 0 Å². The molecule has 212 valence electrons. The molecule has 8 heteroatoms. The lowest BCUT2D eigenvalue weighted by Gasteiger charge is -2.22. The van der Waals surface area contributed by atoms with Gasteiger partial charge in [0.1, 0.15) is 0 Å². The Kier molecular flexibility index (Phi) is 23.6. The normalized spacial score (nSPS) is 14.8. The largest absolute Gasteiger partial charge is 0.476 e. The van der Waals surface area contributed by atoms with Gasteiger partial charge in [0.2, 0.25) is 0 Å². The molecule has 0 saturated heterocycles. The Labute approximate surface area is 217 Å². The van der Waals surface area contributed by atoms with E-state index in [1.807, 2.05) is 0 Å². The van der Waals surface area contributed by atoms with E-state index in [1.54, 1.807) is 0 Å². The van der Waals surface area contributed by atoms with Crippen LogP contribution in [0.2, 0.25) is 0 Å². The van der Waals surface area contributed by atoms with Crippen LogP contribution in [0.4, 0.5) is 0 Å². The predicted molar refractivity (Wildman–Crippen MR) is 149 cm³/mol. The maximum Gasteiger partial charge on any atom is 0.476 e. The molecule has 0 aromatic heterocycles. The van der Waals surface area contributed by atoms with Crippen molar-refractivity contribution in [3.8, 4) is 0 Å². The Hall–Kier alpha value is 0.300. The van der Waals surface area contributed by atoms with Crippen LogP contribution in [0.25, 0.3) is 0 Å². The molecule has 0 aliphatic heterocycles. The minimum atomic E-state index is -4.98. The van der Waals surface area contributed by atoms with Gasteiger partial charge in [-0.25, -0.2) is 8.88 Å². The van der Waals surface area contributed by atoms with Gasteiger partial charge in [-0.2, -0.15) is 0 Å². The van der Waals surface area contributed by atoms with Crippen molar-refractivity contribution in [3.05, 3.63) is 0 Å². The first-order chi connectivity index (χ1) is 16.7. The standard InChI is InChI=1S/C27H58O6P2/c1-3-5-7-9-11-12-13-14-15-16-17-18-19-20-22-24-26-27(25-23-21-10-8-6-4-2)34(28,29)33-35(30,31)32/h27H,3-26H2,1-2H3,(H,28,29)(H2,30,31,32). The molecule has 0 aromatic carbocycles. The zero-order valence-corrected chi connectivity index (χ0v) is 24.8. The van der Waals surface area contributed by atoms with Crippen molar-refractivity contribution in [2.45, 2.75) is 174 Å². The van der Waals surface area contributed by atoms with Gasteiger partial charge >= 0.3 is 15.4 Å². The third kappa shape index (κ3) is 24.4. The van der Waals surface area contributed by atoms with E-state index in [-0.39, 0.29) is 0 Å². The van der Waals surface area contributed by atoms with E-state index in [0.29, 0.717) is 12.8 Å². The fraction of sp³-hybridized carbons (Fsp3) is 1.00. The fourth-order valence-corrected chi connectivity index (χ4v) is 7.55. The number of phosphoric acid groups is 1. The van der Waals surface area contributed by atoms with Gasteiger partial charge in [0.25, 0.3) is 0 Å². The molecule has 2 unspecified atom stereocenters. The second-order valence-corrected chi connectivity index (χ2v) is 13.9. The molecular formula is C27H58O6P2. The summed E-state index contributed by atoms with van der Waals surface area (Å²) in [5.41, 5.74) is -0.687. The summed E-state index contributed by atoms with van der Waals surface area (Å²) in [6.07, 6.45) is 27.7. The number of hydrogen-bond acceptors (Lipinski definition) is 3. The number of unbranched alkanes of at least 4 members (excludes halogenated alkanes) is 20. The molecule has 35 heavy (non-hydrogen) atoms. The Morgan fingerprint density at radius 2 is 0.743 bits per heavy atom. The van der Waals surface area contributed by atoms with Crippen LogP contribution in [0.5, 0.6) is 0 Å². The van der Waals surface area contributed by atoms with Crippen LogP contribution in [0.15, 0.2) is 0 Å². The molecule has 0 spiro atoms. The molecule has 0 fully saturated rings. The lowest BCUT2D eigenvalue weighted by molar-refractivity contribution is 0.256. The van der Waals surface area contributed by atoms with Crippen molar-refractivity contribution in [1.82, 2.24) is 0 Å². The molecule has 0 aliphatic rings. The van der Waals surface area contributed by atoms with Gasteiger partial charge in [0.15, 0.2) is 0 Å². The lowest BCUT2D eigenvalue weighted by atomic mass is 10.0. The van der Waals surface area contributed by atoms with Crippen molar-refractivity contribution >= 4 is 15.4 Å². The Morgan fingerprint density at radius 3 is 1.00 bits per heavy atom. The number of rotatable bonds is 27. The van der Waals surface area contributed by atoms with Gasteiger partial charge in [-0.1, -0.05) is 155 Å². The summed E-state index contributed by atoms with van der Waals surface area (Å²) in [5.74, 6) is 0. The minimum Gasteiger partial charge on any atom is -0.324 e. The van der Waals surface area contributed by atoms with E-state index in [2.05, 4.69) is 18.2 Å². The molecule has 0 radical (unpaired) electrons. The van der Waals surface area contributed by atoms with Crippen LogP contribution < -0.4 is 0 Å². The summed E-state index contributed by atoms with van der Waals surface area (Å²) in [6, 6.07) is 0. The molecule has 0 rings (SSSR count). The molecule has 0 amide bonds. The second-order valence-electron chi connectivity index (χ2n) is 10.4. The Balaban J connectivity index is 3.92. The zero-order chi connectivity index (χ0) is 26.3. The summed E-state index contributed by atoms with van der Waals surface area (Å²) < 4.78 is 28.0. The topological polar surface area (TPSA) is 104 Å². The van der Waals surface area contributed by atoms with Crippen molar-refractivity contribution in [1.29, 1.82) is 0 Å².